The van der Waals surface area contributed by atoms with Crippen LogP contribution in [0, 0.1) is 5.92 Å². The number of alkyl halides is 3. The number of rotatable bonds is 6. The monoisotopic (exact) mass is 530 g/mol. The molecule has 1 fully saturated rings. The van der Waals surface area contributed by atoms with E-state index in [1.807, 2.05) is 0 Å². The number of hydrogen-bond donors (Lipinski definition) is 2. The first kappa shape index (κ1) is 27.3. The highest BCUT2D eigenvalue weighted by Crippen LogP contribution is 2.34. The first-order chi connectivity index (χ1) is 17.8. The number of hydrogen-bond acceptors (Lipinski definition) is 5. The van der Waals surface area contributed by atoms with E-state index in [2.05, 4.69) is 5.32 Å². The van der Waals surface area contributed by atoms with Crippen molar-refractivity contribution in [2.24, 2.45) is 5.92 Å². The van der Waals surface area contributed by atoms with E-state index < -0.39 is 29.5 Å². The van der Waals surface area contributed by atoms with Gasteiger partial charge in [0.05, 0.1) is 18.2 Å². The quantitative estimate of drug-likeness (QED) is 0.433. The third-order valence-corrected chi connectivity index (χ3v) is 6.16. The average molecular weight is 531 g/mol. The maximum Gasteiger partial charge on any atom is 0.416 e. The van der Waals surface area contributed by atoms with Gasteiger partial charge in [-0.3, -0.25) is 4.79 Å². The summed E-state index contributed by atoms with van der Waals surface area (Å²) in [5.41, 5.74) is -1.00. The number of aliphatic hydroxyl groups is 1. The molecular weight excluding hydrogens is 501 g/mol. The predicted octanol–water partition coefficient (Wildman–Crippen LogP) is 5.61. The topological polar surface area (TPSA) is 88.1 Å². The molecule has 1 aliphatic heterocycles. The van der Waals surface area contributed by atoms with Crippen LogP contribution in [0.1, 0.15) is 36.7 Å². The van der Waals surface area contributed by atoms with Gasteiger partial charge in [-0.05, 0) is 74.7 Å². The summed E-state index contributed by atoms with van der Waals surface area (Å²) in [6.07, 6.45) is -4.86. The van der Waals surface area contributed by atoms with Gasteiger partial charge in [0, 0.05) is 30.0 Å². The molecule has 1 heterocycles. The molecule has 0 aliphatic carbocycles. The highest BCUT2D eigenvalue weighted by atomic mass is 19.4. The number of halogens is 3. The van der Waals surface area contributed by atoms with Crippen LogP contribution in [-0.4, -0.2) is 53.3 Å². The lowest BCUT2D eigenvalue weighted by atomic mass is 9.92. The molecule has 0 saturated carbocycles. The Kier molecular flexibility index (Phi) is 7.55. The maximum absolute atomic E-state index is 12.9. The van der Waals surface area contributed by atoms with Gasteiger partial charge in [0.1, 0.15) is 17.1 Å². The van der Waals surface area contributed by atoms with Crippen LogP contribution in [0.5, 0.6) is 11.5 Å². The third kappa shape index (κ3) is 6.36. The van der Waals surface area contributed by atoms with Gasteiger partial charge in [-0.15, -0.1) is 0 Å². The minimum Gasteiger partial charge on any atom is -0.457 e. The number of nitrogens with one attached hydrogen (secondary N) is 1. The summed E-state index contributed by atoms with van der Waals surface area (Å²) >= 11 is 0. The van der Waals surface area contributed by atoms with Crippen molar-refractivity contribution in [3.8, 4) is 11.5 Å². The van der Waals surface area contributed by atoms with Gasteiger partial charge >= 0.3 is 12.3 Å². The maximum atomic E-state index is 12.9. The van der Waals surface area contributed by atoms with Crippen LogP contribution in [0.2, 0.25) is 0 Å². The summed E-state index contributed by atoms with van der Waals surface area (Å²) in [7, 11) is 0. The Morgan fingerprint density at radius 2 is 1.74 bits per heavy atom. The van der Waals surface area contributed by atoms with Crippen LogP contribution in [0.4, 0.5) is 18.0 Å². The lowest BCUT2D eigenvalue weighted by Crippen LogP contribution is -2.60. The Morgan fingerprint density at radius 3 is 2.34 bits per heavy atom. The standard InChI is InChI=1S/C28H29F3N2O5/c1-27(2,3)38-26(36)33-14-19(15-33)23(16-34)32-25(35)18-7-12-22-17(13-18)5-4-6-24(22)37-21-10-8-20(9-11-21)28(29,30)31/h4-13,19,23,34H,14-16H2,1-3H3,(H,32,35)/t23-/m0/s1. The number of amides is 2. The summed E-state index contributed by atoms with van der Waals surface area (Å²) in [5, 5.41) is 14.1. The Balaban J connectivity index is 1.41. The molecule has 1 saturated heterocycles. The van der Waals surface area contributed by atoms with Crippen molar-refractivity contribution in [3.05, 3.63) is 71.8 Å². The highest BCUT2D eigenvalue weighted by Gasteiger charge is 2.38. The summed E-state index contributed by atoms with van der Waals surface area (Å²) in [6, 6.07) is 14.1. The predicted molar refractivity (Wildman–Crippen MR) is 135 cm³/mol. The second kappa shape index (κ2) is 10.5. The third-order valence-electron chi connectivity index (χ3n) is 6.16. The zero-order valence-electron chi connectivity index (χ0n) is 21.2. The fourth-order valence-electron chi connectivity index (χ4n) is 4.13. The lowest BCUT2D eigenvalue weighted by molar-refractivity contribution is -0.137. The van der Waals surface area contributed by atoms with Crippen molar-refractivity contribution in [2.75, 3.05) is 19.7 Å². The van der Waals surface area contributed by atoms with E-state index in [4.69, 9.17) is 9.47 Å². The Labute approximate surface area is 218 Å². The Morgan fingerprint density at radius 1 is 1.05 bits per heavy atom. The summed E-state index contributed by atoms with van der Waals surface area (Å²) in [5.74, 6) is 0.189. The molecule has 4 rings (SSSR count). The first-order valence-electron chi connectivity index (χ1n) is 12.1. The Bertz CT molecular complexity index is 1310. The molecular formula is C28H29F3N2O5. The number of fused-ring (bicyclic) bond motifs is 1. The van der Waals surface area contributed by atoms with Gasteiger partial charge in [0.25, 0.3) is 5.91 Å². The second-order valence-electron chi connectivity index (χ2n) is 10.2. The van der Waals surface area contributed by atoms with Crippen molar-refractivity contribution < 1.29 is 37.3 Å². The van der Waals surface area contributed by atoms with Gasteiger partial charge in [-0.25, -0.2) is 4.79 Å². The van der Waals surface area contributed by atoms with Gasteiger partial charge in [0.15, 0.2) is 0 Å². The molecule has 1 atom stereocenters. The van der Waals surface area contributed by atoms with Gasteiger partial charge in [-0.2, -0.15) is 13.2 Å². The molecule has 0 spiro atoms. The van der Waals surface area contributed by atoms with Gasteiger partial charge < -0.3 is 24.8 Å². The van der Waals surface area contributed by atoms with E-state index >= 15 is 0 Å². The number of nitrogens with zero attached hydrogens (tertiary/aromatic N) is 1. The van der Waals surface area contributed by atoms with E-state index in [0.717, 1.165) is 12.1 Å². The van der Waals surface area contributed by atoms with Crippen LogP contribution >= 0.6 is 0 Å². The van der Waals surface area contributed by atoms with E-state index in [1.54, 1.807) is 57.2 Å². The molecule has 10 heteroatoms. The molecule has 0 radical (unpaired) electrons. The molecule has 202 valence electrons. The summed E-state index contributed by atoms with van der Waals surface area (Å²) in [6.45, 7) is 5.80. The van der Waals surface area contributed by atoms with Crippen molar-refractivity contribution in [1.29, 1.82) is 0 Å². The van der Waals surface area contributed by atoms with Crippen molar-refractivity contribution in [2.45, 2.75) is 38.6 Å². The number of ether oxygens (including phenoxy) is 2. The molecule has 3 aromatic rings. The van der Waals surface area contributed by atoms with Gasteiger partial charge in [0.2, 0.25) is 0 Å². The van der Waals surface area contributed by atoms with Crippen molar-refractivity contribution in [3.63, 3.8) is 0 Å². The number of likely N-dealkylation sites (tertiary alicyclic amines) is 1. The molecule has 7 nitrogen and oxygen atoms in total. The molecule has 0 unspecified atom stereocenters. The zero-order valence-corrected chi connectivity index (χ0v) is 21.2. The lowest BCUT2D eigenvalue weighted by Gasteiger charge is -2.43. The summed E-state index contributed by atoms with van der Waals surface area (Å²) < 4.78 is 49.6. The minimum atomic E-state index is -4.43. The largest absolute Gasteiger partial charge is 0.457 e. The molecule has 2 N–H and O–H groups in total. The Hall–Kier alpha value is -3.79. The molecule has 0 bridgehead atoms. The molecule has 0 aromatic heterocycles. The average Bonchev–Trinajstić information content (AvgIpc) is 2.81. The van der Waals surface area contributed by atoms with Crippen LogP contribution < -0.4 is 10.1 Å². The number of aliphatic hydroxyl groups excluding tert-OH is 1. The molecule has 2 amide bonds. The highest BCUT2D eigenvalue weighted by molar-refractivity contribution is 6.00. The van der Waals surface area contributed by atoms with Gasteiger partial charge in [-0.1, -0.05) is 12.1 Å². The number of benzene rings is 3. The van der Waals surface area contributed by atoms with E-state index in [1.165, 1.54) is 17.0 Å². The van der Waals surface area contributed by atoms with E-state index in [-0.39, 0.29) is 24.2 Å². The first-order valence-corrected chi connectivity index (χ1v) is 12.1. The molecule has 38 heavy (non-hydrogen) atoms. The summed E-state index contributed by atoms with van der Waals surface area (Å²) in [4.78, 5) is 26.6. The van der Waals surface area contributed by atoms with Crippen molar-refractivity contribution in [1.82, 2.24) is 10.2 Å². The van der Waals surface area contributed by atoms with Crippen LogP contribution in [0.25, 0.3) is 10.8 Å². The molecule has 1 aliphatic rings. The minimum absolute atomic E-state index is 0.110. The van der Waals surface area contributed by atoms with E-state index in [0.29, 0.717) is 35.2 Å². The SMILES string of the molecule is CC(C)(C)OC(=O)N1CC([C@H](CO)NC(=O)c2ccc3c(Oc4ccc(C(F)(F)F)cc4)cccc3c2)C1. The fraction of sp³-hybridized carbons (Fsp3) is 0.357. The van der Waals surface area contributed by atoms with Crippen molar-refractivity contribution >= 4 is 22.8 Å². The normalized spacial score (nSPS) is 15.1. The fourth-order valence-corrected chi connectivity index (χ4v) is 4.13. The molecule has 3 aromatic carbocycles. The smallest absolute Gasteiger partial charge is 0.416 e. The van der Waals surface area contributed by atoms with Crippen LogP contribution in [-0.2, 0) is 10.9 Å². The van der Waals surface area contributed by atoms with Crippen LogP contribution in [0.15, 0.2) is 60.7 Å². The number of carbonyl (C=O) groups is 2. The second-order valence-corrected chi connectivity index (χ2v) is 10.2. The number of carbonyl (C=O) groups excluding carboxylic acids is 2. The van der Waals surface area contributed by atoms with Crippen LogP contribution in [0.3, 0.4) is 0 Å². The zero-order chi connectivity index (χ0) is 27.7. The van der Waals surface area contributed by atoms with E-state index in [9.17, 15) is 27.9 Å².